The molecule has 0 bridgehead atoms. The van der Waals surface area contributed by atoms with Crippen LogP contribution in [0.2, 0.25) is 0 Å². The number of rotatable bonds is 3. The van der Waals surface area contributed by atoms with Gasteiger partial charge in [0.05, 0.1) is 16.6 Å². The van der Waals surface area contributed by atoms with Gasteiger partial charge in [0.2, 0.25) is 0 Å². The van der Waals surface area contributed by atoms with E-state index in [-0.39, 0.29) is 11.8 Å². The first kappa shape index (κ1) is 18.2. The molecular weight excluding hydrogens is 390 g/mol. The average molecular weight is 416 g/mol. The molecule has 6 rings (SSSR count). The summed E-state index contributed by atoms with van der Waals surface area (Å²) in [6.07, 6.45) is 4.32. The van der Waals surface area contributed by atoms with Crippen molar-refractivity contribution in [2.75, 3.05) is 13.1 Å². The van der Waals surface area contributed by atoms with Crippen LogP contribution in [0.1, 0.15) is 34.9 Å². The molecule has 5 heteroatoms. The van der Waals surface area contributed by atoms with Crippen LogP contribution in [0.25, 0.3) is 5.70 Å². The zero-order valence-corrected chi connectivity index (χ0v) is 17.6. The molecule has 0 radical (unpaired) electrons. The van der Waals surface area contributed by atoms with Gasteiger partial charge in [-0.15, -0.1) is 11.3 Å². The largest absolute Gasteiger partial charge is 0.470 e. The van der Waals surface area contributed by atoms with Crippen LogP contribution in [0.5, 0.6) is 5.75 Å². The van der Waals surface area contributed by atoms with Gasteiger partial charge in [0.1, 0.15) is 5.75 Å². The Kier molecular flexibility index (Phi) is 4.41. The number of hydrazine groups is 1. The molecule has 1 fully saturated rings. The summed E-state index contributed by atoms with van der Waals surface area (Å²) in [6, 6.07) is 23.8. The smallest absolute Gasteiger partial charge is 0.182 e. The normalized spacial score (nSPS) is 22.7. The third-order valence-corrected chi connectivity index (χ3v) is 7.40. The summed E-state index contributed by atoms with van der Waals surface area (Å²) in [7, 11) is 0. The Balaban J connectivity index is 1.28. The second-order valence-corrected chi connectivity index (χ2v) is 9.28. The zero-order chi connectivity index (χ0) is 20.0. The lowest BCUT2D eigenvalue weighted by Crippen LogP contribution is -2.63. The summed E-state index contributed by atoms with van der Waals surface area (Å²) in [5, 5.41) is 4.52. The van der Waals surface area contributed by atoms with E-state index in [4.69, 9.17) is 4.74 Å². The summed E-state index contributed by atoms with van der Waals surface area (Å²) >= 11 is 1.78. The predicted octanol–water partition coefficient (Wildman–Crippen LogP) is 5.04. The topological polar surface area (TPSA) is 27.7 Å². The third-order valence-electron chi connectivity index (χ3n) is 6.49. The third kappa shape index (κ3) is 3.05. The van der Waals surface area contributed by atoms with E-state index in [1.807, 2.05) is 0 Å². The molecule has 1 N–H and O–H groups in total. The molecule has 1 saturated heterocycles. The standard InChI is InChI=1S/C25H25N3OS/c1-2-7-19(8-3-1)18-27-14-12-25(13-15-27)28-22(20-9-4-5-10-23(20)29-25)17-21(26-28)24-11-6-16-30-24/h1-11,16-17,22,26H,12-15,18H2. The van der Waals surface area contributed by atoms with Gasteiger partial charge < -0.3 is 10.2 Å². The highest BCUT2D eigenvalue weighted by Crippen LogP contribution is 2.48. The summed E-state index contributed by atoms with van der Waals surface area (Å²) < 4.78 is 6.75. The highest BCUT2D eigenvalue weighted by molar-refractivity contribution is 7.11. The second kappa shape index (κ2) is 7.27. The second-order valence-electron chi connectivity index (χ2n) is 8.33. The molecule has 3 aliphatic heterocycles. The van der Waals surface area contributed by atoms with Crippen LogP contribution in [0.15, 0.2) is 78.2 Å². The molecule has 4 nitrogen and oxygen atoms in total. The summed E-state index contributed by atoms with van der Waals surface area (Å²) in [4.78, 5) is 3.82. The molecule has 3 aromatic rings. The van der Waals surface area contributed by atoms with Crippen molar-refractivity contribution in [1.82, 2.24) is 15.3 Å². The van der Waals surface area contributed by atoms with Gasteiger partial charge in [0.15, 0.2) is 5.72 Å². The lowest BCUT2D eigenvalue weighted by Gasteiger charge is -2.51. The molecule has 2 aromatic carbocycles. The van der Waals surface area contributed by atoms with Crippen LogP contribution in [-0.4, -0.2) is 28.7 Å². The predicted molar refractivity (Wildman–Crippen MR) is 121 cm³/mol. The molecule has 0 aliphatic carbocycles. The molecule has 30 heavy (non-hydrogen) atoms. The summed E-state index contributed by atoms with van der Waals surface area (Å²) in [5.41, 5.74) is 7.22. The van der Waals surface area contributed by atoms with E-state index >= 15 is 0 Å². The number of hydrogen-bond donors (Lipinski definition) is 1. The Morgan fingerprint density at radius 3 is 2.57 bits per heavy atom. The number of nitrogens with zero attached hydrogens (tertiary/aromatic N) is 2. The van der Waals surface area contributed by atoms with E-state index < -0.39 is 0 Å². The minimum absolute atomic E-state index is 0.202. The van der Waals surface area contributed by atoms with Gasteiger partial charge in [-0.3, -0.25) is 4.90 Å². The van der Waals surface area contributed by atoms with E-state index in [0.717, 1.165) is 38.2 Å². The van der Waals surface area contributed by atoms with Crippen molar-refractivity contribution in [2.45, 2.75) is 31.2 Å². The molecule has 1 aromatic heterocycles. The summed E-state index contributed by atoms with van der Waals surface area (Å²) in [6.45, 7) is 3.05. The number of benzene rings is 2. The summed E-state index contributed by atoms with van der Waals surface area (Å²) in [5.74, 6) is 1.03. The average Bonchev–Trinajstić information content (AvgIpc) is 3.47. The number of likely N-dealkylation sites (tertiary alicyclic amines) is 1. The molecule has 4 heterocycles. The fourth-order valence-corrected chi connectivity index (χ4v) is 5.64. The molecule has 1 atom stereocenters. The Morgan fingerprint density at radius 1 is 0.967 bits per heavy atom. The fourth-order valence-electron chi connectivity index (χ4n) is 4.94. The lowest BCUT2D eigenvalue weighted by atomic mass is 9.92. The van der Waals surface area contributed by atoms with Crippen molar-refractivity contribution < 1.29 is 4.74 Å². The first-order valence-corrected chi connectivity index (χ1v) is 11.5. The molecule has 1 spiro atoms. The first-order chi connectivity index (χ1) is 14.8. The van der Waals surface area contributed by atoms with Gasteiger partial charge in [-0.05, 0) is 29.2 Å². The van der Waals surface area contributed by atoms with E-state index in [1.165, 1.54) is 21.7 Å². The number of ether oxygens (including phenoxy) is 1. The highest BCUT2D eigenvalue weighted by atomic mass is 32.1. The maximum atomic E-state index is 6.75. The number of fused-ring (bicyclic) bond motifs is 4. The van der Waals surface area contributed by atoms with Gasteiger partial charge in [-0.1, -0.05) is 54.6 Å². The monoisotopic (exact) mass is 415 g/mol. The molecule has 3 aliphatic rings. The van der Waals surface area contributed by atoms with Crippen molar-refractivity contribution in [3.8, 4) is 5.75 Å². The number of para-hydroxylation sites is 1. The molecule has 1 unspecified atom stereocenters. The minimum Gasteiger partial charge on any atom is -0.470 e. The molecule has 0 amide bonds. The number of thiophene rings is 1. The van der Waals surface area contributed by atoms with Crippen LogP contribution in [0, 0.1) is 0 Å². The van der Waals surface area contributed by atoms with Crippen LogP contribution < -0.4 is 10.2 Å². The van der Waals surface area contributed by atoms with E-state index in [9.17, 15) is 0 Å². The maximum Gasteiger partial charge on any atom is 0.182 e. The lowest BCUT2D eigenvalue weighted by molar-refractivity contribution is -0.160. The van der Waals surface area contributed by atoms with Gasteiger partial charge in [0.25, 0.3) is 0 Å². The Bertz CT molecular complexity index is 1060. The first-order valence-electron chi connectivity index (χ1n) is 10.7. The van der Waals surface area contributed by atoms with E-state index in [0.29, 0.717) is 0 Å². The quantitative estimate of drug-likeness (QED) is 0.649. The van der Waals surface area contributed by atoms with Crippen molar-refractivity contribution in [2.24, 2.45) is 0 Å². The van der Waals surface area contributed by atoms with Gasteiger partial charge in [0, 0.05) is 38.0 Å². The zero-order valence-electron chi connectivity index (χ0n) is 16.8. The van der Waals surface area contributed by atoms with E-state index in [2.05, 4.69) is 93.5 Å². The van der Waals surface area contributed by atoms with Gasteiger partial charge in [-0.2, -0.15) is 5.01 Å². The Hall–Kier alpha value is -2.60. The van der Waals surface area contributed by atoms with Gasteiger partial charge >= 0.3 is 0 Å². The van der Waals surface area contributed by atoms with Crippen molar-refractivity contribution >= 4 is 17.0 Å². The van der Waals surface area contributed by atoms with Gasteiger partial charge in [-0.25, -0.2) is 0 Å². The number of hydrogen-bond acceptors (Lipinski definition) is 5. The number of nitrogens with one attached hydrogen (secondary N) is 1. The van der Waals surface area contributed by atoms with Crippen molar-refractivity contribution in [1.29, 1.82) is 0 Å². The molecule has 152 valence electrons. The maximum absolute atomic E-state index is 6.75. The van der Waals surface area contributed by atoms with Crippen LogP contribution >= 0.6 is 11.3 Å². The van der Waals surface area contributed by atoms with Crippen LogP contribution in [-0.2, 0) is 6.54 Å². The van der Waals surface area contributed by atoms with Crippen LogP contribution in [0.4, 0.5) is 0 Å². The molecular formula is C25H25N3OS. The van der Waals surface area contributed by atoms with Crippen molar-refractivity contribution in [3.63, 3.8) is 0 Å². The SMILES string of the molecule is C1=C(c2cccs2)NN2C1c1ccccc1OC21CCN(Cc2ccccc2)CC1. The fraction of sp³-hybridized carbons (Fsp3) is 0.280. The highest BCUT2D eigenvalue weighted by Gasteiger charge is 2.51. The van der Waals surface area contributed by atoms with E-state index in [1.54, 1.807) is 11.3 Å². The van der Waals surface area contributed by atoms with Crippen LogP contribution in [0.3, 0.4) is 0 Å². The Labute approximate surface area is 181 Å². The Morgan fingerprint density at radius 2 is 1.77 bits per heavy atom. The minimum atomic E-state index is -0.318. The molecule has 0 saturated carbocycles. The number of piperidine rings is 1. The van der Waals surface area contributed by atoms with Crippen molar-refractivity contribution in [3.05, 3.63) is 94.2 Å².